The first-order valence-electron chi connectivity index (χ1n) is 7.92. The minimum absolute atomic E-state index is 0.534. The Balaban J connectivity index is 2.30. The van der Waals surface area contributed by atoms with Crippen molar-refractivity contribution in [3.05, 3.63) is 34.5 Å². The molecule has 5 nitrogen and oxygen atoms in total. The van der Waals surface area contributed by atoms with Gasteiger partial charge in [0.15, 0.2) is 0 Å². The maximum atomic E-state index is 9.32. The number of hydrogen-bond donors (Lipinski definition) is 0. The van der Waals surface area contributed by atoms with E-state index in [0.29, 0.717) is 10.6 Å². The Morgan fingerprint density at radius 3 is 2.71 bits per heavy atom. The lowest BCUT2D eigenvalue weighted by atomic mass is 10.1. The minimum Gasteiger partial charge on any atom is -0.443 e. The molecule has 2 aromatic rings. The molecular formula is C18H22N4OS. The number of aliphatic imine (C=N–C) groups is 1. The van der Waals surface area contributed by atoms with Crippen LogP contribution in [0.3, 0.4) is 0 Å². The molecule has 0 saturated carbocycles. The summed E-state index contributed by atoms with van der Waals surface area (Å²) < 4.78 is 10.3. The second-order valence-electron chi connectivity index (χ2n) is 5.58. The molecule has 0 spiro atoms. The predicted molar refractivity (Wildman–Crippen MR) is 98.7 cm³/mol. The van der Waals surface area contributed by atoms with E-state index in [9.17, 15) is 5.26 Å². The molecule has 0 saturated heterocycles. The maximum absolute atomic E-state index is 9.32. The summed E-state index contributed by atoms with van der Waals surface area (Å²) in [4.78, 5) is 6.54. The Morgan fingerprint density at radius 2 is 2.08 bits per heavy atom. The number of nitriles is 1. The average Bonchev–Trinajstić information content (AvgIpc) is 2.97. The lowest BCUT2D eigenvalue weighted by Crippen LogP contribution is -2.14. The van der Waals surface area contributed by atoms with Crippen LogP contribution in [-0.2, 0) is 6.42 Å². The largest absolute Gasteiger partial charge is 0.443 e. The van der Waals surface area contributed by atoms with Gasteiger partial charge in [-0.3, -0.25) is 0 Å². The van der Waals surface area contributed by atoms with E-state index in [1.165, 1.54) is 11.5 Å². The summed E-state index contributed by atoms with van der Waals surface area (Å²) in [5.74, 6) is 0.734. The van der Waals surface area contributed by atoms with E-state index in [0.717, 1.165) is 41.2 Å². The number of aryl methyl sites for hydroxylation is 3. The van der Waals surface area contributed by atoms with E-state index in [1.807, 2.05) is 51.2 Å². The third kappa shape index (κ3) is 3.92. The highest BCUT2D eigenvalue weighted by molar-refractivity contribution is 7.08. The standard InChI is InChI=1S/C18H22N4OS/c1-6-15-14(10-19)18(24-21-15)23-17-9-12(3)16(8-13(17)4)20-11-22(5)7-2/h8-9,11H,6-7H2,1-5H3. The van der Waals surface area contributed by atoms with Gasteiger partial charge in [-0.15, -0.1) is 0 Å². The number of nitrogens with zero attached hydrogens (tertiary/aromatic N) is 4. The number of ether oxygens (including phenoxy) is 1. The second kappa shape index (κ2) is 7.93. The van der Waals surface area contributed by atoms with Crippen molar-refractivity contribution >= 4 is 23.6 Å². The first kappa shape index (κ1) is 18.0. The predicted octanol–water partition coefficient (Wildman–Crippen LogP) is 4.60. The van der Waals surface area contributed by atoms with E-state index < -0.39 is 0 Å². The van der Waals surface area contributed by atoms with Crippen LogP contribution < -0.4 is 4.74 Å². The highest BCUT2D eigenvalue weighted by Gasteiger charge is 2.15. The molecule has 0 bridgehead atoms. The topological polar surface area (TPSA) is 61.5 Å². The molecule has 0 atom stereocenters. The van der Waals surface area contributed by atoms with Crippen molar-refractivity contribution in [3.8, 4) is 16.9 Å². The Kier molecular flexibility index (Phi) is 5.93. The van der Waals surface area contributed by atoms with Gasteiger partial charge in [0, 0.05) is 25.1 Å². The molecule has 0 amide bonds. The molecular weight excluding hydrogens is 320 g/mol. The van der Waals surface area contributed by atoms with Gasteiger partial charge in [-0.2, -0.15) is 9.64 Å². The van der Waals surface area contributed by atoms with Gasteiger partial charge in [0.2, 0.25) is 5.06 Å². The van der Waals surface area contributed by atoms with E-state index in [4.69, 9.17) is 4.74 Å². The molecule has 0 aliphatic rings. The number of benzene rings is 1. The normalized spacial score (nSPS) is 10.8. The molecule has 0 unspecified atom stereocenters. The molecule has 24 heavy (non-hydrogen) atoms. The van der Waals surface area contributed by atoms with Gasteiger partial charge in [0.1, 0.15) is 17.4 Å². The van der Waals surface area contributed by atoms with Gasteiger partial charge in [-0.05, 0) is 50.5 Å². The average molecular weight is 342 g/mol. The Hall–Kier alpha value is -2.39. The molecule has 6 heteroatoms. The summed E-state index contributed by atoms with van der Waals surface area (Å²) in [6, 6.07) is 6.15. The van der Waals surface area contributed by atoms with Crippen molar-refractivity contribution in [3.63, 3.8) is 0 Å². The second-order valence-corrected chi connectivity index (χ2v) is 6.32. The van der Waals surface area contributed by atoms with Gasteiger partial charge < -0.3 is 9.64 Å². The van der Waals surface area contributed by atoms with Crippen LogP contribution in [0.1, 0.15) is 36.2 Å². The van der Waals surface area contributed by atoms with Gasteiger partial charge >= 0.3 is 0 Å². The minimum atomic E-state index is 0.534. The van der Waals surface area contributed by atoms with Gasteiger partial charge in [-0.25, -0.2) is 4.99 Å². The van der Waals surface area contributed by atoms with E-state index in [-0.39, 0.29) is 0 Å². The van der Waals surface area contributed by atoms with Gasteiger partial charge in [0.25, 0.3) is 0 Å². The van der Waals surface area contributed by atoms with E-state index >= 15 is 0 Å². The maximum Gasteiger partial charge on any atom is 0.218 e. The SMILES string of the molecule is CCc1nsc(Oc2cc(C)c(N=CN(C)CC)cc2C)c1C#N. The van der Waals surface area contributed by atoms with Crippen molar-refractivity contribution in [2.45, 2.75) is 34.1 Å². The van der Waals surface area contributed by atoms with Gasteiger partial charge in [-0.1, -0.05) is 6.92 Å². The third-order valence-electron chi connectivity index (χ3n) is 3.77. The Bertz CT molecular complexity index is 789. The van der Waals surface area contributed by atoms with Crippen molar-refractivity contribution in [1.82, 2.24) is 9.27 Å². The molecule has 0 fully saturated rings. The monoisotopic (exact) mass is 342 g/mol. The summed E-state index contributed by atoms with van der Waals surface area (Å²) in [5, 5.41) is 9.88. The smallest absolute Gasteiger partial charge is 0.218 e. The Labute approximate surface area is 147 Å². The molecule has 1 aromatic carbocycles. The van der Waals surface area contributed by atoms with Crippen LogP contribution in [0.4, 0.5) is 5.69 Å². The van der Waals surface area contributed by atoms with Crippen molar-refractivity contribution in [2.24, 2.45) is 4.99 Å². The van der Waals surface area contributed by atoms with Crippen LogP contribution in [0.2, 0.25) is 0 Å². The zero-order valence-corrected chi connectivity index (χ0v) is 15.6. The number of hydrogen-bond acceptors (Lipinski definition) is 5. The molecule has 126 valence electrons. The van der Waals surface area contributed by atoms with Crippen LogP contribution in [0.15, 0.2) is 17.1 Å². The van der Waals surface area contributed by atoms with Crippen molar-refractivity contribution in [1.29, 1.82) is 5.26 Å². The first-order valence-corrected chi connectivity index (χ1v) is 8.69. The zero-order chi connectivity index (χ0) is 17.7. The van der Waals surface area contributed by atoms with Crippen LogP contribution in [0, 0.1) is 25.2 Å². The summed E-state index contributed by atoms with van der Waals surface area (Å²) in [5.41, 5.74) is 4.23. The van der Waals surface area contributed by atoms with Crippen LogP contribution in [0.5, 0.6) is 10.8 Å². The quantitative estimate of drug-likeness (QED) is 0.568. The van der Waals surface area contributed by atoms with E-state index in [2.05, 4.69) is 22.4 Å². The molecule has 1 heterocycles. The summed E-state index contributed by atoms with van der Waals surface area (Å²) in [6.07, 6.45) is 2.55. The third-order valence-corrected chi connectivity index (χ3v) is 4.53. The Morgan fingerprint density at radius 1 is 1.33 bits per heavy atom. The van der Waals surface area contributed by atoms with Gasteiger partial charge in [0.05, 0.1) is 17.7 Å². The highest BCUT2D eigenvalue weighted by atomic mass is 32.1. The summed E-state index contributed by atoms with van der Waals surface area (Å²) in [6.45, 7) is 8.94. The fourth-order valence-electron chi connectivity index (χ4n) is 2.09. The highest BCUT2D eigenvalue weighted by Crippen LogP contribution is 2.35. The number of aromatic nitrogens is 1. The van der Waals surface area contributed by atoms with Crippen molar-refractivity contribution < 1.29 is 4.74 Å². The molecule has 2 rings (SSSR count). The molecule has 0 aliphatic carbocycles. The lowest BCUT2D eigenvalue weighted by Gasteiger charge is -2.12. The van der Waals surface area contributed by atoms with Crippen LogP contribution in [0.25, 0.3) is 0 Å². The van der Waals surface area contributed by atoms with Crippen molar-refractivity contribution in [2.75, 3.05) is 13.6 Å². The van der Waals surface area contributed by atoms with Crippen LogP contribution in [-0.4, -0.2) is 29.2 Å². The molecule has 0 aliphatic heterocycles. The summed E-state index contributed by atoms with van der Waals surface area (Å²) >= 11 is 1.23. The fraction of sp³-hybridized carbons (Fsp3) is 0.389. The first-order chi connectivity index (χ1) is 11.5. The fourth-order valence-corrected chi connectivity index (χ4v) is 2.89. The molecule has 0 radical (unpaired) electrons. The van der Waals surface area contributed by atoms with E-state index in [1.54, 1.807) is 0 Å². The lowest BCUT2D eigenvalue weighted by molar-refractivity contribution is 0.490. The zero-order valence-electron chi connectivity index (χ0n) is 14.8. The molecule has 0 N–H and O–H groups in total. The summed E-state index contributed by atoms with van der Waals surface area (Å²) in [7, 11) is 1.99. The van der Waals surface area contributed by atoms with Crippen LogP contribution >= 0.6 is 11.5 Å². The number of rotatable bonds is 6. The molecule has 1 aromatic heterocycles.